The third-order valence-electron chi connectivity index (χ3n) is 5.25. The predicted molar refractivity (Wildman–Crippen MR) is 98.2 cm³/mol. The first kappa shape index (κ1) is 22.1. The van der Waals surface area contributed by atoms with Gasteiger partial charge in [0, 0.05) is 18.8 Å². The molecule has 0 aliphatic heterocycles. The molecule has 0 radical (unpaired) electrons. The summed E-state index contributed by atoms with van der Waals surface area (Å²) in [5, 5.41) is 39.0. The summed E-state index contributed by atoms with van der Waals surface area (Å²) in [4.78, 5) is 10.5. The highest BCUT2D eigenvalue weighted by molar-refractivity contribution is 5.66. The van der Waals surface area contributed by atoms with Gasteiger partial charge in [0.2, 0.25) is 0 Å². The lowest BCUT2D eigenvalue weighted by molar-refractivity contribution is -0.137. The number of unbranched alkanes of at least 4 members (excludes halogenated alkanes) is 5. The molecule has 0 spiro atoms. The first-order valence-corrected chi connectivity index (χ1v) is 9.90. The largest absolute Gasteiger partial charge is 0.481 e. The Hall–Kier alpha value is -0.910. The smallest absolute Gasteiger partial charge is 0.303 e. The number of carbonyl (C=O) groups is 1. The fraction of sp³-hybridized carbons (Fsp3) is 0.850. The summed E-state index contributed by atoms with van der Waals surface area (Å²) in [5.41, 5.74) is 0. The van der Waals surface area contributed by atoms with Gasteiger partial charge in [-0.1, -0.05) is 57.6 Å². The van der Waals surface area contributed by atoms with Gasteiger partial charge in [-0.2, -0.15) is 0 Å². The van der Waals surface area contributed by atoms with Crippen LogP contribution in [0.2, 0.25) is 0 Å². The number of hydrogen-bond donors (Lipinski definition) is 4. The molecule has 1 fully saturated rings. The van der Waals surface area contributed by atoms with Crippen molar-refractivity contribution in [1.82, 2.24) is 0 Å². The molecule has 0 amide bonds. The molecule has 1 aliphatic carbocycles. The van der Waals surface area contributed by atoms with E-state index in [2.05, 4.69) is 6.92 Å². The summed E-state index contributed by atoms with van der Waals surface area (Å²) in [6, 6.07) is 0. The summed E-state index contributed by atoms with van der Waals surface area (Å²) in [5.74, 6) is -0.833. The number of carboxylic acid groups (broad SMARTS) is 1. The van der Waals surface area contributed by atoms with Gasteiger partial charge in [-0.05, 0) is 25.2 Å². The van der Waals surface area contributed by atoms with Crippen molar-refractivity contribution in [2.45, 2.75) is 95.9 Å². The molecule has 1 rings (SSSR count). The maximum atomic E-state index is 10.5. The highest BCUT2D eigenvalue weighted by atomic mass is 16.4. The lowest BCUT2D eigenvalue weighted by Crippen LogP contribution is -2.21. The minimum atomic E-state index is -0.753. The van der Waals surface area contributed by atoms with E-state index in [9.17, 15) is 20.1 Å². The molecular weight excluding hydrogens is 320 g/mol. The molecule has 5 atom stereocenters. The molecule has 0 bridgehead atoms. The van der Waals surface area contributed by atoms with Crippen LogP contribution in [-0.4, -0.2) is 44.7 Å². The zero-order valence-corrected chi connectivity index (χ0v) is 15.5. The normalized spacial score (nSPS) is 27.8. The second-order valence-electron chi connectivity index (χ2n) is 7.41. The average Bonchev–Trinajstić information content (AvgIpc) is 2.82. The van der Waals surface area contributed by atoms with Gasteiger partial charge in [0.15, 0.2) is 0 Å². The zero-order valence-electron chi connectivity index (χ0n) is 15.5. The van der Waals surface area contributed by atoms with E-state index in [1.165, 1.54) is 0 Å². The maximum Gasteiger partial charge on any atom is 0.303 e. The average molecular weight is 357 g/mol. The zero-order chi connectivity index (χ0) is 18.7. The Morgan fingerprint density at radius 1 is 1.08 bits per heavy atom. The van der Waals surface area contributed by atoms with Crippen LogP contribution in [0.15, 0.2) is 12.2 Å². The quantitative estimate of drug-likeness (QED) is 0.300. The van der Waals surface area contributed by atoms with Crippen molar-refractivity contribution in [2.75, 3.05) is 0 Å². The van der Waals surface area contributed by atoms with Gasteiger partial charge in [0.25, 0.3) is 0 Å². The maximum absolute atomic E-state index is 10.5. The van der Waals surface area contributed by atoms with Gasteiger partial charge in [-0.25, -0.2) is 0 Å². The topological polar surface area (TPSA) is 98.0 Å². The van der Waals surface area contributed by atoms with Crippen molar-refractivity contribution in [3.63, 3.8) is 0 Å². The number of aliphatic carboxylic acids is 1. The fourth-order valence-electron chi connectivity index (χ4n) is 3.74. The predicted octanol–water partition coefficient (Wildman–Crippen LogP) is 3.27. The van der Waals surface area contributed by atoms with Crippen LogP contribution < -0.4 is 0 Å². The molecule has 0 aromatic rings. The molecule has 5 nitrogen and oxygen atoms in total. The van der Waals surface area contributed by atoms with Crippen molar-refractivity contribution in [1.29, 1.82) is 0 Å². The Kier molecular flexibility index (Phi) is 11.0. The van der Waals surface area contributed by atoms with E-state index in [0.717, 1.165) is 51.4 Å². The second-order valence-corrected chi connectivity index (χ2v) is 7.41. The monoisotopic (exact) mass is 356 g/mol. The van der Waals surface area contributed by atoms with Crippen molar-refractivity contribution in [3.05, 3.63) is 12.2 Å². The van der Waals surface area contributed by atoms with Gasteiger partial charge >= 0.3 is 5.97 Å². The highest BCUT2D eigenvalue weighted by Crippen LogP contribution is 2.37. The molecule has 1 saturated carbocycles. The molecule has 5 heteroatoms. The summed E-state index contributed by atoms with van der Waals surface area (Å²) in [6.07, 6.45) is 11.0. The van der Waals surface area contributed by atoms with Crippen molar-refractivity contribution in [2.24, 2.45) is 11.8 Å². The number of carboxylic acids is 1. The van der Waals surface area contributed by atoms with E-state index in [-0.39, 0.29) is 18.3 Å². The van der Waals surface area contributed by atoms with Crippen LogP contribution in [0.5, 0.6) is 0 Å². The van der Waals surface area contributed by atoms with E-state index in [1.807, 2.05) is 6.08 Å². The molecule has 1 aliphatic rings. The van der Waals surface area contributed by atoms with Gasteiger partial charge < -0.3 is 20.4 Å². The summed E-state index contributed by atoms with van der Waals surface area (Å²) >= 11 is 0. The van der Waals surface area contributed by atoms with Crippen LogP contribution >= 0.6 is 0 Å². The lowest BCUT2D eigenvalue weighted by Gasteiger charge is -2.21. The molecular formula is C20H36O5. The number of aliphatic hydroxyl groups is 3. The van der Waals surface area contributed by atoms with Gasteiger partial charge in [0.1, 0.15) is 0 Å². The van der Waals surface area contributed by atoms with Gasteiger partial charge in [-0.3, -0.25) is 4.79 Å². The molecule has 0 aromatic carbocycles. The highest BCUT2D eigenvalue weighted by Gasteiger charge is 2.39. The molecule has 0 unspecified atom stereocenters. The second kappa shape index (κ2) is 12.4. The SMILES string of the molecule is CCCCC[C@H](O)/C=C/[C@H]1[C@@H](CCCCCCC(=O)O)[C@@H](O)C[C@@H]1O. The first-order chi connectivity index (χ1) is 12.0. The third kappa shape index (κ3) is 8.84. The van der Waals surface area contributed by atoms with Crippen molar-refractivity contribution in [3.8, 4) is 0 Å². The molecule has 0 aromatic heterocycles. The van der Waals surface area contributed by atoms with Gasteiger partial charge in [-0.15, -0.1) is 0 Å². The fourth-order valence-corrected chi connectivity index (χ4v) is 3.74. The molecule has 25 heavy (non-hydrogen) atoms. The van der Waals surface area contributed by atoms with Crippen LogP contribution in [0.1, 0.15) is 77.6 Å². The Bertz CT molecular complexity index is 396. The molecule has 146 valence electrons. The Morgan fingerprint density at radius 2 is 1.80 bits per heavy atom. The molecule has 4 N–H and O–H groups in total. The minimum Gasteiger partial charge on any atom is -0.481 e. The lowest BCUT2D eigenvalue weighted by atomic mass is 9.88. The summed E-state index contributed by atoms with van der Waals surface area (Å²) in [7, 11) is 0. The van der Waals surface area contributed by atoms with Gasteiger partial charge in [0.05, 0.1) is 18.3 Å². The van der Waals surface area contributed by atoms with Crippen molar-refractivity contribution < 1.29 is 25.2 Å². The van der Waals surface area contributed by atoms with E-state index >= 15 is 0 Å². The molecule has 0 heterocycles. The van der Waals surface area contributed by atoms with E-state index in [4.69, 9.17) is 5.11 Å². The summed E-state index contributed by atoms with van der Waals surface area (Å²) < 4.78 is 0. The number of aliphatic hydroxyl groups excluding tert-OH is 3. The first-order valence-electron chi connectivity index (χ1n) is 9.90. The van der Waals surface area contributed by atoms with Crippen LogP contribution in [-0.2, 0) is 4.79 Å². The number of hydrogen-bond acceptors (Lipinski definition) is 4. The molecule has 0 saturated heterocycles. The van der Waals surface area contributed by atoms with Crippen LogP contribution in [0.3, 0.4) is 0 Å². The minimum absolute atomic E-state index is 0.0218. The Morgan fingerprint density at radius 3 is 2.48 bits per heavy atom. The van der Waals surface area contributed by atoms with Crippen molar-refractivity contribution >= 4 is 5.97 Å². The number of rotatable bonds is 13. The van der Waals surface area contributed by atoms with E-state index in [0.29, 0.717) is 12.8 Å². The van der Waals surface area contributed by atoms with Crippen LogP contribution in [0, 0.1) is 11.8 Å². The summed E-state index contributed by atoms with van der Waals surface area (Å²) in [6.45, 7) is 2.13. The van der Waals surface area contributed by atoms with Crippen LogP contribution in [0.4, 0.5) is 0 Å². The third-order valence-corrected chi connectivity index (χ3v) is 5.25. The van der Waals surface area contributed by atoms with E-state index in [1.54, 1.807) is 6.08 Å². The standard InChI is InChI=1S/C20H36O5/c1-2-3-6-9-15(21)12-13-17-16(18(22)14-19(17)23)10-7-4-5-8-11-20(24)25/h12-13,15-19,21-23H,2-11,14H2,1H3,(H,24,25)/b13-12+/t15-,16+,17-,18-,19-/m0/s1. The Balaban J connectivity index is 2.38. The van der Waals surface area contributed by atoms with E-state index < -0.39 is 24.3 Å². The van der Waals surface area contributed by atoms with Crippen LogP contribution in [0.25, 0.3) is 0 Å². The Labute approximate surface area is 151 Å².